The zero-order valence-corrected chi connectivity index (χ0v) is 14.8. The summed E-state index contributed by atoms with van der Waals surface area (Å²) in [5, 5.41) is 10.9. The van der Waals surface area contributed by atoms with E-state index in [0.717, 1.165) is 33.6 Å². The zero-order valence-electron chi connectivity index (χ0n) is 14.8. The molecular weight excluding hydrogens is 314 g/mol. The number of benzene rings is 2. The van der Waals surface area contributed by atoms with Crippen LogP contribution in [0.4, 0.5) is 11.5 Å². The highest BCUT2D eigenvalue weighted by Crippen LogP contribution is 2.21. The van der Waals surface area contributed by atoms with Crippen LogP contribution >= 0.6 is 0 Å². The maximum Gasteiger partial charge on any atom is 0.280 e. The average molecular weight is 335 g/mol. The summed E-state index contributed by atoms with van der Waals surface area (Å²) < 4.78 is 1.48. The molecule has 6 nitrogen and oxygen atoms in total. The van der Waals surface area contributed by atoms with E-state index in [-0.39, 0.29) is 17.4 Å². The van der Waals surface area contributed by atoms with Crippen LogP contribution in [-0.4, -0.2) is 20.9 Å². The molecule has 0 fully saturated rings. The standard InChI is InChI=1S/C19H21N5O/c1-11-5-6-16(14(4)8-11)21-19(25)17-18(20)24(23-22-17)15-9-12(2)7-13(3)10-15/h5-10H,20H2,1-4H3,(H,21,25). The van der Waals surface area contributed by atoms with E-state index in [1.54, 1.807) is 0 Å². The molecule has 1 amide bonds. The monoisotopic (exact) mass is 335 g/mol. The molecule has 3 rings (SSSR count). The van der Waals surface area contributed by atoms with E-state index >= 15 is 0 Å². The second-order valence-corrected chi connectivity index (χ2v) is 6.35. The SMILES string of the molecule is Cc1cc(C)cc(-n2nnc(C(=O)Nc3ccc(C)cc3C)c2N)c1. The number of nitrogens with one attached hydrogen (secondary N) is 1. The fourth-order valence-corrected chi connectivity index (χ4v) is 2.85. The van der Waals surface area contributed by atoms with Crippen molar-refractivity contribution in [2.45, 2.75) is 27.7 Å². The van der Waals surface area contributed by atoms with Crippen molar-refractivity contribution in [3.8, 4) is 5.69 Å². The number of aromatic nitrogens is 3. The molecule has 0 spiro atoms. The van der Waals surface area contributed by atoms with Crippen molar-refractivity contribution in [1.29, 1.82) is 0 Å². The number of carbonyl (C=O) groups is 1. The fraction of sp³-hybridized carbons (Fsp3) is 0.211. The van der Waals surface area contributed by atoms with Gasteiger partial charge in [0.1, 0.15) is 0 Å². The van der Waals surface area contributed by atoms with Gasteiger partial charge in [0.25, 0.3) is 5.91 Å². The lowest BCUT2D eigenvalue weighted by Gasteiger charge is -2.09. The Morgan fingerprint density at radius 1 is 1.00 bits per heavy atom. The summed E-state index contributed by atoms with van der Waals surface area (Å²) in [5.41, 5.74) is 12.1. The van der Waals surface area contributed by atoms with Crippen LogP contribution in [0.1, 0.15) is 32.7 Å². The highest BCUT2D eigenvalue weighted by molar-refractivity contribution is 6.06. The molecule has 3 N–H and O–H groups in total. The maximum absolute atomic E-state index is 12.5. The van der Waals surface area contributed by atoms with E-state index < -0.39 is 0 Å². The number of hydrogen-bond donors (Lipinski definition) is 2. The molecule has 0 saturated carbocycles. The second-order valence-electron chi connectivity index (χ2n) is 6.35. The van der Waals surface area contributed by atoms with Crippen molar-refractivity contribution in [2.24, 2.45) is 0 Å². The third-order valence-corrected chi connectivity index (χ3v) is 4.00. The van der Waals surface area contributed by atoms with E-state index in [2.05, 4.69) is 21.7 Å². The van der Waals surface area contributed by atoms with Gasteiger partial charge in [-0.2, -0.15) is 4.68 Å². The third-order valence-electron chi connectivity index (χ3n) is 4.00. The first-order chi connectivity index (χ1) is 11.8. The number of carbonyl (C=O) groups excluding carboxylic acids is 1. The Labute approximate surface area is 146 Å². The van der Waals surface area contributed by atoms with Gasteiger partial charge in [-0.1, -0.05) is 29.0 Å². The number of aryl methyl sites for hydroxylation is 4. The number of nitrogens with zero attached hydrogens (tertiary/aromatic N) is 3. The molecule has 0 aliphatic rings. The largest absolute Gasteiger partial charge is 0.382 e. The first-order valence-electron chi connectivity index (χ1n) is 8.03. The molecule has 25 heavy (non-hydrogen) atoms. The summed E-state index contributed by atoms with van der Waals surface area (Å²) in [6.07, 6.45) is 0. The quantitative estimate of drug-likeness (QED) is 0.768. The summed E-state index contributed by atoms with van der Waals surface area (Å²) in [4.78, 5) is 12.5. The van der Waals surface area contributed by atoms with Crippen molar-refractivity contribution in [3.05, 3.63) is 64.3 Å². The molecule has 0 unspecified atom stereocenters. The molecule has 2 aromatic carbocycles. The molecule has 0 saturated heterocycles. The van der Waals surface area contributed by atoms with Gasteiger partial charge >= 0.3 is 0 Å². The minimum atomic E-state index is -0.375. The van der Waals surface area contributed by atoms with E-state index in [9.17, 15) is 4.79 Å². The zero-order chi connectivity index (χ0) is 18.1. The van der Waals surface area contributed by atoms with Gasteiger partial charge in [0.05, 0.1) is 5.69 Å². The van der Waals surface area contributed by atoms with Crippen LogP contribution in [0.3, 0.4) is 0 Å². The Bertz CT molecular complexity index is 938. The van der Waals surface area contributed by atoms with Crippen molar-refractivity contribution in [2.75, 3.05) is 11.1 Å². The smallest absolute Gasteiger partial charge is 0.280 e. The lowest BCUT2D eigenvalue weighted by Crippen LogP contribution is -2.15. The minimum absolute atomic E-state index is 0.110. The Balaban J connectivity index is 1.91. The van der Waals surface area contributed by atoms with Crippen LogP contribution < -0.4 is 11.1 Å². The second kappa shape index (κ2) is 6.39. The van der Waals surface area contributed by atoms with Crippen LogP contribution in [0.15, 0.2) is 36.4 Å². The van der Waals surface area contributed by atoms with Crippen molar-refractivity contribution >= 4 is 17.4 Å². The van der Waals surface area contributed by atoms with Crippen molar-refractivity contribution in [1.82, 2.24) is 15.0 Å². The Morgan fingerprint density at radius 3 is 2.32 bits per heavy atom. The molecule has 128 valence electrons. The predicted molar refractivity (Wildman–Crippen MR) is 99.1 cm³/mol. The highest BCUT2D eigenvalue weighted by Gasteiger charge is 2.19. The van der Waals surface area contributed by atoms with Crippen molar-refractivity contribution < 1.29 is 4.79 Å². The minimum Gasteiger partial charge on any atom is -0.382 e. The first kappa shape index (κ1) is 16.7. The van der Waals surface area contributed by atoms with Gasteiger partial charge in [-0.3, -0.25) is 4.79 Å². The van der Waals surface area contributed by atoms with Gasteiger partial charge in [-0.05, 0) is 62.6 Å². The molecular formula is C19H21N5O. The number of rotatable bonds is 3. The van der Waals surface area contributed by atoms with Crippen LogP contribution in [-0.2, 0) is 0 Å². The van der Waals surface area contributed by atoms with Crippen LogP contribution in [0.25, 0.3) is 5.69 Å². The molecule has 3 aromatic rings. The molecule has 1 heterocycles. The lowest BCUT2D eigenvalue weighted by atomic mass is 10.1. The van der Waals surface area contributed by atoms with Crippen molar-refractivity contribution in [3.63, 3.8) is 0 Å². The van der Waals surface area contributed by atoms with Gasteiger partial charge in [0.15, 0.2) is 11.5 Å². The van der Waals surface area contributed by atoms with Crippen LogP contribution in [0.5, 0.6) is 0 Å². The number of anilines is 2. The average Bonchev–Trinajstić information content (AvgIpc) is 2.91. The summed E-state index contributed by atoms with van der Waals surface area (Å²) in [5.74, 6) is -0.160. The molecule has 0 aliphatic carbocycles. The van der Waals surface area contributed by atoms with E-state index in [4.69, 9.17) is 5.73 Å². The van der Waals surface area contributed by atoms with Crippen LogP contribution in [0, 0.1) is 27.7 Å². The van der Waals surface area contributed by atoms with Gasteiger partial charge in [-0.15, -0.1) is 5.10 Å². The molecule has 0 bridgehead atoms. The summed E-state index contributed by atoms with van der Waals surface area (Å²) in [7, 11) is 0. The Morgan fingerprint density at radius 2 is 1.68 bits per heavy atom. The fourth-order valence-electron chi connectivity index (χ4n) is 2.85. The van der Waals surface area contributed by atoms with Crippen LogP contribution in [0.2, 0.25) is 0 Å². The van der Waals surface area contributed by atoms with Gasteiger partial charge in [0.2, 0.25) is 0 Å². The van der Waals surface area contributed by atoms with E-state index in [1.807, 2.05) is 58.0 Å². The van der Waals surface area contributed by atoms with Gasteiger partial charge < -0.3 is 11.1 Å². The first-order valence-corrected chi connectivity index (χ1v) is 8.03. The molecule has 0 aliphatic heterocycles. The highest BCUT2D eigenvalue weighted by atomic mass is 16.2. The van der Waals surface area contributed by atoms with E-state index in [1.165, 1.54) is 4.68 Å². The molecule has 1 aromatic heterocycles. The molecule has 0 atom stereocenters. The summed E-state index contributed by atoms with van der Waals surface area (Å²) in [6.45, 7) is 7.94. The lowest BCUT2D eigenvalue weighted by molar-refractivity contribution is 0.102. The molecule has 6 heteroatoms. The Hall–Kier alpha value is -3.15. The molecule has 0 radical (unpaired) electrons. The maximum atomic E-state index is 12.5. The predicted octanol–water partition coefficient (Wildman–Crippen LogP) is 3.34. The number of hydrogen-bond acceptors (Lipinski definition) is 4. The third kappa shape index (κ3) is 3.38. The summed E-state index contributed by atoms with van der Waals surface area (Å²) >= 11 is 0. The topological polar surface area (TPSA) is 85.8 Å². The van der Waals surface area contributed by atoms with E-state index in [0.29, 0.717) is 0 Å². The Kier molecular flexibility index (Phi) is 4.27. The normalized spacial score (nSPS) is 10.7. The van der Waals surface area contributed by atoms with Gasteiger partial charge in [0, 0.05) is 5.69 Å². The summed E-state index contributed by atoms with van der Waals surface area (Å²) in [6, 6.07) is 11.8. The van der Waals surface area contributed by atoms with Gasteiger partial charge in [-0.25, -0.2) is 0 Å². The number of amides is 1. The number of nitrogens with two attached hydrogens (primary N) is 1. The number of nitrogen functional groups attached to an aromatic ring is 1.